The van der Waals surface area contributed by atoms with Gasteiger partial charge in [0.1, 0.15) is 16.4 Å². The van der Waals surface area contributed by atoms with Gasteiger partial charge in [0.2, 0.25) is 11.8 Å². The molecule has 0 spiro atoms. The zero-order valence-corrected chi connectivity index (χ0v) is 22.2. The number of aromatic nitrogens is 2. The topological polar surface area (TPSA) is 115 Å². The van der Waals surface area contributed by atoms with Gasteiger partial charge in [-0.3, -0.25) is 18.7 Å². The van der Waals surface area contributed by atoms with Crippen molar-refractivity contribution in [3.05, 3.63) is 78.4 Å². The van der Waals surface area contributed by atoms with Crippen LogP contribution in [0.15, 0.2) is 61.5 Å². The van der Waals surface area contributed by atoms with Crippen LogP contribution in [0.3, 0.4) is 0 Å². The molecule has 3 aromatic rings. The minimum atomic E-state index is -0.737. The van der Waals surface area contributed by atoms with Crippen molar-refractivity contribution >= 4 is 61.6 Å². The second-order valence-corrected chi connectivity index (χ2v) is 9.50. The first-order valence-corrected chi connectivity index (χ1v) is 12.5. The van der Waals surface area contributed by atoms with Crippen LogP contribution in [0.25, 0.3) is 0 Å². The molecule has 3 rings (SSSR count). The number of carbonyl (C=O) groups is 1. The Hall–Kier alpha value is -3.02. The summed E-state index contributed by atoms with van der Waals surface area (Å²) in [6.07, 6.45) is 0. The largest absolute Gasteiger partial charge is 0.494 e. The lowest BCUT2D eigenvalue weighted by Gasteiger charge is -2.13. The lowest BCUT2D eigenvalue weighted by molar-refractivity contribution is -0.113. The molecular weight excluding hydrogens is 560 g/mol. The molecule has 0 aliphatic rings. The number of rotatable bonds is 7. The Bertz CT molecular complexity index is 1400. The highest BCUT2D eigenvalue weighted by Gasteiger charge is 2.22. The van der Waals surface area contributed by atoms with Crippen LogP contribution in [0.4, 0.5) is 11.4 Å². The van der Waals surface area contributed by atoms with Gasteiger partial charge in [-0.15, -0.1) is 0 Å². The van der Waals surface area contributed by atoms with E-state index in [1.54, 1.807) is 42.5 Å². The van der Waals surface area contributed by atoms with Crippen molar-refractivity contribution in [2.45, 2.75) is 6.92 Å². The van der Waals surface area contributed by atoms with Gasteiger partial charge in [-0.25, -0.2) is 9.79 Å². The first-order chi connectivity index (χ1) is 16.6. The number of carbonyl (C=O) groups excluding carboxylic acids is 1. The van der Waals surface area contributed by atoms with Crippen LogP contribution >= 0.6 is 39.3 Å². The van der Waals surface area contributed by atoms with E-state index in [9.17, 15) is 19.5 Å². The van der Waals surface area contributed by atoms with Crippen LogP contribution in [0.5, 0.6) is 11.6 Å². The minimum Gasteiger partial charge on any atom is -0.494 e. The molecule has 0 unspecified atom stereocenters. The number of aliphatic imine (C=N–C) groups is 1. The summed E-state index contributed by atoms with van der Waals surface area (Å²) in [5, 5.41) is 13.7. The maximum atomic E-state index is 12.9. The zero-order valence-electron chi connectivity index (χ0n) is 19.0. The standard InChI is InChI=1S/C23H22BrClN4O5S/c1-4-34-15-8-6-14(7-9-15)26-20(19-21(31)28(2)23(33)29(3)22(19)32)35-12-18(30)27-17-10-5-13(24)11-16(17)25/h5-11,31H,4,12H2,1-3H3,(H,27,30). The molecule has 35 heavy (non-hydrogen) atoms. The van der Waals surface area contributed by atoms with E-state index in [-0.39, 0.29) is 16.4 Å². The predicted molar refractivity (Wildman–Crippen MR) is 143 cm³/mol. The smallest absolute Gasteiger partial charge is 0.333 e. The van der Waals surface area contributed by atoms with Gasteiger partial charge in [0, 0.05) is 18.6 Å². The molecule has 1 aromatic heterocycles. The number of hydrogen-bond donors (Lipinski definition) is 2. The summed E-state index contributed by atoms with van der Waals surface area (Å²) in [5.74, 6) is -0.452. The third-order valence-electron chi connectivity index (χ3n) is 4.77. The van der Waals surface area contributed by atoms with E-state index in [1.807, 2.05) is 6.92 Å². The van der Waals surface area contributed by atoms with E-state index in [4.69, 9.17) is 16.3 Å². The number of thioether (sulfide) groups is 1. The van der Waals surface area contributed by atoms with Gasteiger partial charge < -0.3 is 15.2 Å². The Morgan fingerprint density at radius 1 is 1.17 bits per heavy atom. The quantitative estimate of drug-likeness (QED) is 0.321. The summed E-state index contributed by atoms with van der Waals surface area (Å²) in [6, 6.07) is 11.8. The van der Waals surface area contributed by atoms with Crippen LogP contribution in [-0.2, 0) is 18.9 Å². The zero-order chi connectivity index (χ0) is 25.7. The average molecular weight is 582 g/mol. The Balaban J connectivity index is 1.97. The Morgan fingerprint density at radius 2 is 1.86 bits per heavy atom. The summed E-state index contributed by atoms with van der Waals surface area (Å²) in [7, 11) is 2.64. The summed E-state index contributed by atoms with van der Waals surface area (Å²) < 4.78 is 8.00. The van der Waals surface area contributed by atoms with Crippen molar-refractivity contribution in [1.29, 1.82) is 0 Å². The van der Waals surface area contributed by atoms with Gasteiger partial charge in [0.25, 0.3) is 5.56 Å². The van der Waals surface area contributed by atoms with Crippen LogP contribution in [0, 0.1) is 0 Å². The highest BCUT2D eigenvalue weighted by molar-refractivity contribution is 9.10. The fourth-order valence-corrected chi connectivity index (χ4v) is 4.55. The number of halogens is 2. The van der Waals surface area contributed by atoms with Crippen LogP contribution in [0.2, 0.25) is 5.02 Å². The summed E-state index contributed by atoms with van der Waals surface area (Å²) in [5.41, 5.74) is -0.736. The van der Waals surface area contributed by atoms with E-state index in [1.165, 1.54) is 14.1 Å². The van der Waals surface area contributed by atoms with Crippen molar-refractivity contribution in [3.63, 3.8) is 0 Å². The number of nitrogens with zero attached hydrogens (tertiary/aromatic N) is 3. The number of ether oxygens (including phenoxy) is 1. The lowest BCUT2D eigenvalue weighted by Crippen LogP contribution is -2.39. The molecule has 0 atom stereocenters. The summed E-state index contributed by atoms with van der Waals surface area (Å²) in [6.45, 7) is 2.37. The number of hydrogen-bond acceptors (Lipinski definition) is 7. The van der Waals surface area contributed by atoms with Gasteiger partial charge in [-0.1, -0.05) is 39.3 Å². The maximum Gasteiger partial charge on any atom is 0.333 e. The molecule has 0 bridgehead atoms. The van der Waals surface area contributed by atoms with Gasteiger partial charge in [0.05, 0.1) is 28.8 Å². The fraction of sp³-hybridized carbons (Fsp3) is 0.217. The highest BCUT2D eigenvalue weighted by Crippen LogP contribution is 2.27. The summed E-state index contributed by atoms with van der Waals surface area (Å²) in [4.78, 5) is 42.2. The predicted octanol–water partition coefficient (Wildman–Crippen LogP) is 4.05. The molecule has 0 saturated carbocycles. The van der Waals surface area contributed by atoms with Crippen molar-refractivity contribution in [2.75, 3.05) is 17.7 Å². The number of anilines is 1. The molecule has 2 N–H and O–H groups in total. The number of aromatic hydroxyl groups is 1. The molecule has 1 amide bonds. The average Bonchev–Trinajstić information content (AvgIpc) is 2.83. The van der Waals surface area contributed by atoms with Gasteiger partial charge in [-0.2, -0.15) is 0 Å². The molecule has 1 heterocycles. The molecule has 9 nitrogen and oxygen atoms in total. The van der Waals surface area contributed by atoms with E-state index in [0.29, 0.717) is 28.8 Å². The summed E-state index contributed by atoms with van der Waals surface area (Å²) >= 11 is 10.4. The van der Waals surface area contributed by atoms with Crippen LogP contribution < -0.4 is 21.3 Å². The molecule has 0 radical (unpaired) electrons. The van der Waals surface area contributed by atoms with E-state index < -0.39 is 23.0 Å². The van der Waals surface area contributed by atoms with Gasteiger partial charge >= 0.3 is 5.69 Å². The monoisotopic (exact) mass is 580 g/mol. The van der Waals surface area contributed by atoms with Crippen molar-refractivity contribution in [1.82, 2.24) is 9.13 Å². The van der Waals surface area contributed by atoms with Crippen LogP contribution in [0.1, 0.15) is 12.5 Å². The van der Waals surface area contributed by atoms with E-state index >= 15 is 0 Å². The fourth-order valence-electron chi connectivity index (χ4n) is 2.99. The number of amides is 1. The van der Waals surface area contributed by atoms with Crippen molar-refractivity contribution < 1.29 is 14.6 Å². The first-order valence-electron chi connectivity index (χ1n) is 10.3. The minimum absolute atomic E-state index is 0.0694. The van der Waals surface area contributed by atoms with E-state index in [0.717, 1.165) is 25.4 Å². The molecule has 0 saturated heterocycles. The normalized spacial score (nSPS) is 11.4. The maximum absolute atomic E-state index is 12.9. The third kappa shape index (κ3) is 6.36. The number of nitrogens with one attached hydrogen (secondary N) is 1. The Morgan fingerprint density at radius 3 is 2.49 bits per heavy atom. The van der Waals surface area contributed by atoms with Crippen molar-refractivity contribution in [3.8, 4) is 11.6 Å². The van der Waals surface area contributed by atoms with Crippen molar-refractivity contribution in [2.24, 2.45) is 19.1 Å². The first kappa shape index (κ1) is 26.6. The Kier molecular flexibility index (Phi) is 8.82. The second kappa shape index (κ2) is 11.6. The molecule has 2 aromatic carbocycles. The lowest BCUT2D eigenvalue weighted by atomic mass is 10.3. The van der Waals surface area contributed by atoms with Crippen LogP contribution in [-0.4, -0.2) is 37.6 Å². The SMILES string of the molecule is CCOc1ccc(N=C(SCC(=O)Nc2ccc(Br)cc2Cl)c2c(O)n(C)c(=O)n(C)c2=O)cc1. The third-order valence-corrected chi connectivity index (χ3v) is 6.55. The Labute approximate surface area is 218 Å². The van der Waals surface area contributed by atoms with E-state index in [2.05, 4.69) is 26.2 Å². The molecule has 184 valence electrons. The molecular formula is C23H22BrClN4O5S. The molecule has 0 fully saturated rings. The molecule has 12 heteroatoms. The second-order valence-electron chi connectivity index (χ2n) is 7.21. The molecule has 0 aliphatic heterocycles. The highest BCUT2D eigenvalue weighted by atomic mass is 79.9. The van der Waals surface area contributed by atoms with Gasteiger partial charge in [-0.05, 0) is 49.4 Å². The van der Waals surface area contributed by atoms with Gasteiger partial charge in [0.15, 0.2) is 0 Å². The molecule has 0 aliphatic carbocycles. The number of benzene rings is 2.